The van der Waals surface area contributed by atoms with Gasteiger partial charge in [-0.3, -0.25) is 4.79 Å². The Morgan fingerprint density at radius 1 is 1.09 bits per heavy atom. The van der Waals surface area contributed by atoms with Crippen molar-refractivity contribution in [1.82, 2.24) is 5.32 Å². The Kier molecular flexibility index (Phi) is 6.36. The summed E-state index contributed by atoms with van der Waals surface area (Å²) in [5, 5.41) is 6.46. The van der Waals surface area contributed by atoms with Crippen LogP contribution in [0.5, 0.6) is 0 Å². The van der Waals surface area contributed by atoms with Gasteiger partial charge in [0.15, 0.2) is 0 Å². The summed E-state index contributed by atoms with van der Waals surface area (Å²) in [5.74, 6) is 0.0572. The maximum atomic E-state index is 12.2. The second-order valence-corrected chi connectivity index (χ2v) is 5.85. The van der Waals surface area contributed by atoms with Gasteiger partial charge in [-0.05, 0) is 37.0 Å². The molecule has 2 aromatic carbocycles. The zero-order valence-corrected chi connectivity index (χ0v) is 14.2. The van der Waals surface area contributed by atoms with Gasteiger partial charge in [0.2, 0.25) is 5.91 Å². The van der Waals surface area contributed by atoms with Crippen LogP contribution >= 0.6 is 0 Å². The van der Waals surface area contributed by atoms with Gasteiger partial charge in [-0.25, -0.2) is 0 Å². The predicted molar refractivity (Wildman–Crippen MR) is 96.7 cm³/mol. The van der Waals surface area contributed by atoms with E-state index in [-0.39, 0.29) is 11.9 Å². The first kappa shape index (κ1) is 17.2. The largest absolute Gasteiger partial charge is 0.326 e. The van der Waals surface area contributed by atoms with Crippen molar-refractivity contribution in [2.75, 3.05) is 11.9 Å². The molecule has 0 saturated carbocycles. The molecule has 0 aliphatic carbocycles. The van der Waals surface area contributed by atoms with Crippen LogP contribution in [0.15, 0.2) is 48.5 Å². The number of benzene rings is 2. The second kappa shape index (κ2) is 8.49. The van der Waals surface area contributed by atoms with Gasteiger partial charge in [-0.15, -0.1) is 0 Å². The summed E-state index contributed by atoms with van der Waals surface area (Å²) in [6.45, 7) is 6.91. The van der Waals surface area contributed by atoms with E-state index in [0.717, 1.165) is 17.7 Å². The summed E-state index contributed by atoms with van der Waals surface area (Å²) in [5.41, 5.74) is 4.50. The predicted octanol–water partition coefficient (Wildman–Crippen LogP) is 4.24. The highest BCUT2D eigenvalue weighted by atomic mass is 16.1. The first-order valence-electron chi connectivity index (χ1n) is 8.28. The fraction of sp³-hybridized carbons (Fsp3) is 0.350. The Hall–Kier alpha value is -2.13. The third-order valence-electron chi connectivity index (χ3n) is 4.11. The van der Waals surface area contributed by atoms with Crippen LogP contribution in [0.2, 0.25) is 0 Å². The van der Waals surface area contributed by atoms with E-state index < -0.39 is 0 Å². The van der Waals surface area contributed by atoms with Crippen LogP contribution in [-0.2, 0) is 11.2 Å². The minimum atomic E-state index is 0.0572. The van der Waals surface area contributed by atoms with Crippen molar-refractivity contribution >= 4 is 11.6 Å². The number of rotatable bonds is 7. The molecule has 0 heterocycles. The standard InChI is InChI=1S/C20H26N2O/c1-4-17-12-8-9-15(2)20(17)22-19(23)13-14-21-16(3)18-10-6-5-7-11-18/h5-12,16,21H,4,13-14H2,1-3H3,(H,22,23). The fourth-order valence-electron chi connectivity index (χ4n) is 2.67. The topological polar surface area (TPSA) is 41.1 Å². The van der Waals surface area contributed by atoms with Gasteiger partial charge in [-0.2, -0.15) is 0 Å². The van der Waals surface area contributed by atoms with Gasteiger partial charge >= 0.3 is 0 Å². The lowest BCUT2D eigenvalue weighted by Crippen LogP contribution is -2.24. The number of hydrogen-bond donors (Lipinski definition) is 2. The molecule has 0 radical (unpaired) electrons. The second-order valence-electron chi connectivity index (χ2n) is 5.85. The van der Waals surface area contributed by atoms with Gasteiger partial charge in [0, 0.05) is 24.7 Å². The van der Waals surface area contributed by atoms with Gasteiger partial charge < -0.3 is 10.6 Å². The van der Waals surface area contributed by atoms with Crippen LogP contribution in [0.4, 0.5) is 5.69 Å². The molecule has 1 amide bonds. The highest BCUT2D eigenvalue weighted by molar-refractivity contribution is 5.92. The van der Waals surface area contributed by atoms with E-state index in [0.29, 0.717) is 13.0 Å². The first-order valence-corrected chi connectivity index (χ1v) is 8.28. The highest BCUT2D eigenvalue weighted by Gasteiger charge is 2.09. The Bertz CT molecular complexity index is 637. The Morgan fingerprint density at radius 2 is 1.83 bits per heavy atom. The number of amides is 1. The lowest BCUT2D eigenvalue weighted by atomic mass is 10.1. The smallest absolute Gasteiger partial charge is 0.225 e. The minimum absolute atomic E-state index is 0.0572. The molecule has 0 aliphatic rings. The average Bonchev–Trinajstić information content (AvgIpc) is 2.57. The maximum absolute atomic E-state index is 12.2. The van der Waals surface area contributed by atoms with Crippen LogP contribution in [0.1, 0.15) is 43.0 Å². The van der Waals surface area contributed by atoms with Crippen molar-refractivity contribution in [3.8, 4) is 0 Å². The van der Waals surface area contributed by atoms with Crippen molar-refractivity contribution in [2.24, 2.45) is 0 Å². The van der Waals surface area contributed by atoms with E-state index >= 15 is 0 Å². The summed E-state index contributed by atoms with van der Waals surface area (Å²) in [6.07, 6.45) is 1.38. The Labute approximate surface area is 139 Å². The van der Waals surface area contributed by atoms with Gasteiger partial charge in [-0.1, -0.05) is 55.5 Å². The minimum Gasteiger partial charge on any atom is -0.326 e. The van der Waals surface area contributed by atoms with Gasteiger partial charge in [0.1, 0.15) is 0 Å². The summed E-state index contributed by atoms with van der Waals surface area (Å²) >= 11 is 0. The molecule has 0 saturated heterocycles. The zero-order valence-electron chi connectivity index (χ0n) is 14.2. The number of nitrogens with one attached hydrogen (secondary N) is 2. The molecule has 3 nitrogen and oxygen atoms in total. The number of para-hydroxylation sites is 1. The Morgan fingerprint density at radius 3 is 2.52 bits per heavy atom. The van der Waals surface area contributed by atoms with Crippen molar-refractivity contribution < 1.29 is 4.79 Å². The van der Waals surface area contributed by atoms with E-state index in [1.807, 2.05) is 37.3 Å². The number of hydrogen-bond acceptors (Lipinski definition) is 2. The quantitative estimate of drug-likeness (QED) is 0.803. The molecule has 0 aromatic heterocycles. The normalized spacial score (nSPS) is 12.0. The molecule has 2 N–H and O–H groups in total. The van der Waals surface area contributed by atoms with E-state index in [2.05, 4.69) is 42.7 Å². The van der Waals surface area contributed by atoms with E-state index in [4.69, 9.17) is 0 Å². The van der Waals surface area contributed by atoms with E-state index in [9.17, 15) is 4.79 Å². The molecule has 2 aromatic rings. The summed E-state index contributed by atoms with van der Waals surface area (Å²) in [7, 11) is 0. The monoisotopic (exact) mass is 310 g/mol. The lowest BCUT2D eigenvalue weighted by Gasteiger charge is -2.15. The van der Waals surface area contributed by atoms with Gasteiger partial charge in [0.05, 0.1) is 0 Å². The molecule has 3 heteroatoms. The number of carbonyl (C=O) groups is 1. The SMILES string of the molecule is CCc1cccc(C)c1NC(=O)CCNC(C)c1ccccc1. The van der Waals surface area contributed by atoms with Crippen LogP contribution in [0, 0.1) is 6.92 Å². The molecule has 0 fully saturated rings. The number of anilines is 1. The van der Waals surface area contributed by atoms with E-state index in [1.54, 1.807) is 0 Å². The molecule has 23 heavy (non-hydrogen) atoms. The van der Waals surface area contributed by atoms with Crippen molar-refractivity contribution in [3.63, 3.8) is 0 Å². The maximum Gasteiger partial charge on any atom is 0.225 e. The highest BCUT2D eigenvalue weighted by Crippen LogP contribution is 2.21. The summed E-state index contributed by atoms with van der Waals surface area (Å²) < 4.78 is 0. The van der Waals surface area contributed by atoms with Crippen molar-refractivity contribution in [3.05, 3.63) is 65.2 Å². The third-order valence-corrected chi connectivity index (χ3v) is 4.11. The molecule has 2 rings (SSSR count). The molecule has 122 valence electrons. The number of aryl methyl sites for hydroxylation is 2. The van der Waals surface area contributed by atoms with Crippen molar-refractivity contribution in [1.29, 1.82) is 0 Å². The molecule has 1 atom stereocenters. The van der Waals surface area contributed by atoms with Crippen LogP contribution in [-0.4, -0.2) is 12.5 Å². The molecular weight excluding hydrogens is 284 g/mol. The Balaban J connectivity index is 1.84. The van der Waals surface area contributed by atoms with Crippen LogP contribution < -0.4 is 10.6 Å². The summed E-state index contributed by atoms with van der Waals surface area (Å²) in [6, 6.07) is 16.6. The number of carbonyl (C=O) groups excluding carboxylic acids is 1. The lowest BCUT2D eigenvalue weighted by molar-refractivity contribution is -0.116. The fourth-order valence-corrected chi connectivity index (χ4v) is 2.67. The van der Waals surface area contributed by atoms with Crippen molar-refractivity contribution in [2.45, 2.75) is 39.7 Å². The van der Waals surface area contributed by atoms with E-state index in [1.165, 1.54) is 11.1 Å². The van der Waals surface area contributed by atoms with Crippen LogP contribution in [0.3, 0.4) is 0 Å². The first-order chi connectivity index (χ1) is 11.1. The molecule has 0 aliphatic heterocycles. The zero-order chi connectivity index (χ0) is 16.7. The average molecular weight is 310 g/mol. The molecule has 0 spiro atoms. The van der Waals surface area contributed by atoms with Crippen LogP contribution in [0.25, 0.3) is 0 Å². The molecule has 1 unspecified atom stereocenters. The van der Waals surface area contributed by atoms with Gasteiger partial charge in [0.25, 0.3) is 0 Å². The third kappa shape index (κ3) is 4.93. The summed E-state index contributed by atoms with van der Waals surface area (Å²) in [4.78, 5) is 12.2. The molecular formula is C20H26N2O. The molecule has 0 bridgehead atoms.